The molecule has 0 aliphatic carbocycles. The van der Waals surface area contributed by atoms with Crippen LogP contribution in [0.3, 0.4) is 0 Å². The van der Waals surface area contributed by atoms with Gasteiger partial charge in [-0.2, -0.15) is 0 Å². The number of rotatable bonds is 4. The van der Waals surface area contributed by atoms with Crippen LogP contribution in [-0.2, 0) is 4.74 Å². The second-order valence-electron chi connectivity index (χ2n) is 5.70. The fraction of sp³-hybridized carbons (Fsp3) is 0.100. The van der Waals surface area contributed by atoms with Crippen LogP contribution in [-0.4, -0.2) is 18.4 Å². The lowest BCUT2D eigenvalue weighted by molar-refractivity contribution is 0.0439. The Labute approximate surface area is 142 Å². The Morgan fingerprint density at radius 1 is 0.960 bits per heavy atom. The van der Waals surface area contributed by atoms with Gasteiger partial charge in [-0.3, -0.25) is 4.79 Å². The van der Waals surface area contributed by atoms with E-state index in [1.54, 1.807) is 25.1 Å². The Bertz CT molecular complexity index is 1070. The lowest BCUT2D eigenvalue weighted by Crippen LogP contribution is -2.14. The van der Waals surface area contributed by atoms with Gasteiger partial charge in [0.15, 0.2) is 12.4 Å². The van der Waals surface area contributed by atoms with Gasteiger partial charge in [0, 0.05) is 16.3 Å². The second kappa shape index (κ2) is 5.94. The van der Waals surface area contributed by atoms with Crippen LogP contribution in [0.5, 0.6) is 0 Å². The molecule has 2 heterocycles. The molecular weight excluding hydrogens is 320 g/mol. The minimum atomic E-state index is -0.668. The van der Waals surface area contributed by atoms with Gasteiger partial charge in [0.25, 0.3) is 0 Å². The Hall–Kier alpha value is -3.34. The van der Waals surface area contributed by atoms with E-state index in [4.69, 9.17) is 13.6 Å². The molecule has 25 heavy (non-hydrogen) atoms. The zero-order chi connectivity index (χ0) is 17.4. The van der Waals surface area contributed by atoms with E-state index in [0.717, 1.165) is 10.8 Å². The molecular formula is C20H14O5. The number of furan rings is 2. The van der Waals surface area contributed by atoms with Gasteiger partial charge in [0.1, 0.15) is 11.2 Å². The van der Waals surface area contributed by atoms with E-state index in [2.05, 4.69) is 0 Å². The standard InChI is InChI=1S/C20H14O5/c1-12-14-7-3-5-9-17(14)25-19(12)20(22)23-11-15(21)18-10-13-6-2-4-8-16(13)24-18/h2-10H,11H2,1H3. The Kier molecular flexibility index (Phi) is 3.61. The number of Topliss-reactive ketones (excluding diaryl/α,β-unsaturated/α-hetero) is 1. The minimum Gasteiger partial charge on any atom is -0.453 e. The number of ether oxygens (including phenoxy) is 1. The average molecular weight is 334 g/mol. The van der Waals surface area contributed by atoms with Crippen LogP contribution in [0, 0.1) is 6.92 Å². The molecule has 5 nitrogen and oxygen atoms in total. The molecule has 2 aromatic carbocycles. The number of carbonyl (C=O) groups excluding carboxylic acids is 2. The van der Waals surface area contributed by atoms with Crippen molar-refractivity contribution in [2.24, 2.45) is 0 Å². The van der Waals surface area contributed by atoms with E-state index >= 15 is 0 Å². The van der Waals surface area contributed by atoms with Crippen molar-refractivity contribution in [3.63, 3.8) is 0 Å². The number of esters is 1. The molecule has 0 atom stereocenters. The van der Waals surface area contributed by atoms with Crippen molar-refractivity contribution >= 4 is 33.7 Å². The van der Waals surface area contributed by atoms with E-state index in [-0.39, 0.29) is 11.5 Å². The summed E-state index contributed by atoms with van der Waals surface area (Å²) in [7, 11) is 0. The highest BCUT2D eigenvalue weighted by Gasteiger charge is 2.21. The number of para-hydroxylation sites is 2. The molecule has 4 rings (SSSR count). The van der Waals surface area contributed by atoms with Crippen LogP contribution in [0.4, 0.5) is 0 Å². The van der Waals surface area contributed by atoms with E-state index in [1.807, 2.05) is 36.4 Å². The van der Waals surface area contributed by atoms with Gasteiger partial charge < -0.3 is 13.6 Å². The first-order chi connectivity index (χ1) is 12.1. The molecule has 0 saturated heterocycles. The second-order valence-corrected chi connectivity index (χ2v) is 5.70. The summed E-state index contributed by atoms with van der Waals surface area (Å²) in [5, 5.41) is 1.67. The fourth-order valence-electron chi connectivity index (χ4n) is 2.76. The summed E-state index contributed by atoms with van der Waals surface area (Å²) in [4.78, 5) is 24.4. The van der Waals surface area contributed by atoms with Crippen molar-refractivity contribution < 1.29 is 23.2 Å². The van der Waals surface area contributed by atoms with Gasteiger partial charge >= 0.3 is 5.97 Å². The van der Waals surface area contributed by atoms with Gasteiger partial charge in [-0.05, 0) is 25.1 Å². The first kappa shape index (κ1) is 15.2. The molecule has 5 heteroatoms. The topological polar surface area (TPSA) is 69.7 Å². The maximum Gasteiger partial charge on any atom is 0.375 e. The number of fused-ring (bicyclic) bond motifs is 2. The molecule has 124 valence electrons. The number of hydrogen-bond acceptors (Lipinski definition) is 5. The highest BCUT2D eigenvalue weighted by atomic mass is 16.5. The number of ketones is 1. The molecule has 0 N–H and O–H groups in total. The zero-order valence-electron chi connectivity index (χ0n) is 13.4. The lowest BCUT2D eigenvalue weighted by atomic mass is 10.1. The minimum absolute atomic E-state index is 0.110. The molecule has 0 spiro atoms. The van der Waals surface area contributed by atoms with Gasteiger partial charge in [-0.25, -0.2) is 4.79 Å². The third-order valence-electron chi connectivity index (χ3n) is 4.06. The van der Waals surface area contributed by atoms with E-state index in [9.17, 15) is 9.59 Å². The Morgan fingerprint density at radius 2 is 1.68 bits per heavy atom. The van der Waals surface area contributed by atoms with Crippen LogP contribution in [0.1, 0.15) is 26.7 Å². The molecule has 0 aliphatic rings. The normalized spacial score (nSPS) is 11.1. The van der Waals surface area contributed by atoms with Crippen molar-refractivity contribution in [2.45, 2.75) is 6.92 Å². The first-order valence-electron chi connectivity index (χ1n) is 7.80. The van der Waals surface area contributed by atoms with Crippen LogP contribution in [0.2, 0.25) is 0 Å². The SMILES string of the molecule is Cc1c(C(=O)OCC(=O)c2cc3ccccc3o2)oc2ccccc12. The molecule has 0 amide bonds. The summed E-state index contributed by atoms with van der Waals surface area (Å²) >= 11 is 0. The van der Waals surface area contributed by atoms with E-state index in [1.165, 1.54) is 0 Å². The fourth-order valence-corrected chi connectivity index (χ4v) is 2.76. The zero-order valence-corrected chi connectivity index (χ0v) is 13.4. The van der Waals surface area contributed by atoms with E-state index < -0.39 is 18.4 Å². The summed E-state index contributed by atoms with van der Waals surface area (Å²) in [6.45, 7) is 1.37. The van der Waals surface area contributed by atoms with Crippen molar-refractivity contribution in [1.29, 1.82) is 0 Å². The Balaban J connectivity index is 1.50. The largest absolute Gasteiger partial charge is 0.453 e. The number of hydrogen-bond donors (Lipinski definition) is 0. The first-order valence-corrected chi connectivity index (χ1v) is 7.80. The lowest BCUT2D eigenvalue weighted by Gasteiger charge is -2.01. The van der Waals surface area contributed by atoms with Crippen LogP contribution in [0.15, 0.2) is 63.4 Å². The van der Waals surface area contributed by atoms with Gasteiger partial charge in [0.2, 0.25) is 11.5 Å². The summed E-state index contributed by atoms with van der Waals surface area (Å²) in [6.07, 6.45) is 0. The number of carbonyl (C=O) groups is 2. The molecule has 0 bridgehead atoms. The molecule has 0 saturated carbocycles. The van der Waals surface area contributed by atoms with Crippen LogP contribution >= 0.6 is 0 Å². The predicted octanol–water partition coefficient (Wildman–Crippen LogP) is 4.53. The Morgan fingerprint density at radius 3 is 2.44 bits per heavy atom. The summed E-state index contributed by atoms with van der Waals surface area (Å²) in [5.41, 5.74) is 1.91. The maximum absolute atomic E-state index is 12.2. The van der Waals surface area contributed by atoms with Crippen LogP contribution < -0.4 is 0 Å². The van der Waals surface area contributed by atoms with Gasteiger partial charge in [0.05, 0.1) is 0 Å². The third kappa shape index (κ3) is 2.70. The highest BCUT2D eigenvalue weighted by molar-refractivity contribution is 6.01. The summed E-state index contributed by atoms with van der Waals surface area (Å²) in [5.74, 6) is -0.801. The molecule has 0 radical (unpaired) electrons. The van der Waals surface area contributed by atoms with Crippen molar-refractivity contribution in [1.82, 2.24) is 0 Å². The number of benzene rings is 2. The quantitative estimate of drug-likeness (QED) is 0.405. The van der Waals surface area contributed by atoms with Crippen LogP contribution in [0.25, 0.3) is 21.9 Å². The maximum atomic E-state index is 12.2. The van der Waals surface area contributed by atoms with Crippen molar-refractivity contribution in [3.05, 3.63) is 71.7 Å². The third-order valence-corrected chi connectivity index (χ3v) is 4.06. The highest BCUT2D eigenvalue weighted by Crippen LogP contribution is 2.25. The summed E-state index contributed by atoms with van der Waals surface area (Å²) in [6, 6.07) is 16.3. The van der Waals surface area contributed by atoms with Gasteiger partial charge in [-0.1, -0.05) is 36.4 Å². The average Bonchev–Trinajstić information content (AvgIpc) is 3.21. The molecule has 4 aromatic rings. The summed E-state index contributed by atoms with van der Waals surface area (Å²) < 4.78 is 16.1. The molecule has 0 fully saturated rings. The molecule has 2 aromatic heterocycles. The molecule has 0 unspecified atom stereocenters. The van der Waals surface area contributed by atoms with Gasteiger partial charge in [-0.15, -0.1) is 0 Å². The van der Waals surface area contributed by atoms with Crippen molar-refractivity contribution in [3.8, 4) is 0 Å². The van der Waals surface area contributed by atoms with E-state index in [0.29, 0.717) is 16.7 Å². The number of aryl methyl sites for hydroxylation is 1. The molecule has 0 aliphatic heterocycles. The monoisotopic (exact) mass is 334 g/mol. The van der Waals surface area contributed by atoms with Crippen molar-refractivity contribution in [2.75, 3.05) is 6.61 Å². The predicted molar refractivity (Wildman–Crippen MR) is 91.8 cm³/mol. The smallest absolute Gasteiger partial charge is 0.375 e.